The van der Waals surface area contributed by atoms with E-state index in [1.807, 2.05) is 29.5 Å². The number of nitrogens with zero attached hydrogens (tertiary/aromatic N) is 5. The van der Waals surface area contributed by atoms with Crippen molar-refractivity contribution < 1.29 is 14.3 Å². The number of aromatic nitrogens is 2. The lowest BCUT2D eigenvalue weighted by atomic mass is 9.83. The van der Waals surface area contributed by atoms with E-state index in [4.69, 9.17) is 9.47 Å². The Balaban J connectivity index is 1.17. The minimum Gasteiger partial charge on any atom is -0.378 e. The lowest BCUT2D eigenvalue weighted by molar-refractivity contribution is -0.122. The van der Waals surface area contributed by atoms with E-state index in [1.165, 1.54) is 11.1 Å². The molecule has 40 heavy (non-hydrogen) atoms. The van der Waals surface area contributed by atoms with Crippen LogP contribution in [0.4, 0.5) is 10.5 Å². The SMILES string of the molecule is CCOC1(c2ccc(-c3cc4c(N5CCN(C(=O)NC(C)C)CC5)ccnn4c3)cc2)CCN(C2COC2)CC1. The van der Waals surface area contributed by atoms with E-state index in [1.54, 1.807) is 0 Å². The molecule has 3 saturated heterocycles. The average molecular weight is 547 g/mol. The Bertz CT molecular complexity index is 1300. The number of piperidine rings is 1. The summed E-state index contributed by atoms with van der Waals surface area (Å²) in [4.78, 5) is 19.3. The summed E-state index contributed by atoms with van der Waals surface area (Å²) in [7, 11) is 0. The summed E-state index contributed by atoms with van der Waals surface area (Å²) >= 11 is 0. The number of ether oxygens (including phenoxy) is 2. The zero-order valence-electron chi connectivity index (χ0n) is 24.0. The maximum Gasteiger partial charge on any atom is 0.317 e. The summed E-state index contributed by atoms with van der Waals surface area (Å²) in [6, 6.07) is 14.0. The van der Waals surface area contributed by atoms with Crippen LogP contribution in [0.15, 0.2) is 48.8 Å². The zero-order valence-corrected chi connectivity index (χ0v) is 24.0. The van der Waals surface area contributed by atoms with Crippen LogP contribution in [0.3, 0.4) is 0 Å². The summed E-state index contributed by atoms with van der Waals surface area (Å²) in [6.07, 6.45) is 5.98. The maximum atomic E-state index is 12.4. The maximum absolute atomic E-state index is 12.4. The standard InChI is InChI=1S/C31H42N6O3/c1-4-40-31(10-13-34(14-11-31)27-21-39-22-27)26-7-5-24(6-8-26)25-19-29-28(9-12-32-37(29)20-25)35-15-17-36(18-16-35)30(38)33-23(2)3/h5-9,12,19-20,23,27H,4,10-11,13-18,21-22H2,1-3H3,(H,33,38). The second kappa shape index (κ2) is 11.4. The van der Waals surface area contributed by atoms with Gasteiger partial charge in [-0.15, -0.1) is 0 Å². The molecule has 2 amide bonds. The van der Waals surface area contributed by atoms with Crippen molar-refractivity contribution in [3.05, 3.63) is 54.4 Å². The van der Waals surface area contributed by atoms with Gasteiger partial charge in [0.15, 0.2) is 0 Å². The van der Waals surface area contributed by atoms with Crippen LogP contribution in [-0.4, -0.2) is 96.6 Å². The third kappa shape index (κ3) is 5.30. The molecule has 0 aliphatic carbocycles. The van der Waals surface area contributed by atoms with Crippen molar-refractivity contribution in [2.75, 3.05) is 64.0 Å². The fourth-order valence-electron chi connectivity index (χ4n) is 6.36. The Morgan fingerprint density at radius 3 is 2.40 bits per heavy atom. The number of urea groups is 1. The molecule has 0 unspecified atom stereocenters. The van der Waals surface area contributed by atoms with Crippen molar-refractivity contribution in [1.82, 2.24) is 24.7 Å². The van der Waals surface area contributed by atoms with E-state index < -0.39 is 0 Å². The molecular formula is C31H42N6O3. The number of hydrogen-bond acceptors (Lipinski definition) is 6. The lowest BCUT2D eigenvalue weighted by Crippen LogP contribution is -2.54. The third-order valence-electron chi connectivity index (χ3n) is 8.71. The predicted molar refractivity (Wildman–Crippen MR) is 157 cm³/mol. The third-order valence-corrected chi connectivity index (χ3v) is 8.71. The van der Waals surface area contributed by atoms with Crippen LogP contribution in [0.1, 0.15) is 39.2 Å². The molecule has 0 bridgehead atoms. The highest BCUT2D eigenvalue weighted by atomic mass is 16.5. The zero-order chi connectivity index (χ0) is 27.7. The molecule has 3 aromatic rings. The molecule has 0 radical (unpaired) electrons. The van der Waals surface area contributed by atoms with Gasteiger partial charge in [-0.25, -0.2) is 9.31 Å². The van der Waals surface area contributed by atoms with Gasteiger partial charge in [0.2, 0.25) is 0 Å². The van der Waals surface area contributed by atoms with Crippen molar-refractivity contribution in [2.45, 2.75) is 51.3 Å². The Labute approximate surface area is 237 Å². The molecule has 0 spiro atoms. The van der Waals surface area contributed by atoms with Crippen LogP contribution in [0, 0.1) is 0 Å². The number of likely N-dealkylation sites (tertiary alicyclic amines) is 1. The molecule has 6 rings (SSSR count). The van der Waals surface area contributed by atoms with Gasteiger partial charge in [-0.1, -0.05) is 24.3 Å². The van der Waals surface area contributed by atoms with Crippen molar-refractivity contribution in [1.29, 1.82) is 0 Å². The number of fused-ring (bicyclic) bond motifs is 1. The van der Waals surface area contributed by atoms with Crippen molar-refractivity contribution >= 4 is 17.2 Å². The minimum absolute atomic E-state index is 0.0209. The van der Waals surface area contributed by atoms with Crippen molar-refractivity contribution in [2.24, 2.45) is 0 Å². The van der Waals surface area contributed by atoms with E-state index in [-0.39, 0.29) is 17.7 Å². The number of carbonyl (C=O) groups excluding carboxylic acids is 1. The molecule has 214 valence electrons. The van der Waals surface area contributed by atoms with Gasteiger partial charge in [0.05, 0.1) is 36.1 Å². The Kier molecular flexibility index (Phi) is 7.70. The highest BCUT2D eigenvalue weighted by Crippen LogP contribution is 2.39. The van der Waals surface area contributed by atoms with Crippen LogP contribution in [0.25, 0.3) is 16.6 Å². The Morgan fingerprint density at radius 1 is 1.05 bits per heavy atom. The average Bonchev–Trinajstić information content (AvgIpc) is 3.38. The number of rotatable bonds is 7. The summed E-state index contributed by atoms with van der Waals surface area (Å²) in [6.45, 7) is 13.6. The molecule has 9 nitrogen and oxygen atoms in total. The summed E-state index contributed by atoms with van der Waals surface area (Å²) in [5, 5.41) is 7.60. The second-order valence-electron chi connectivity index (χ2n) is 11.6. The van der Waals surface area contributed by atoms with Gasteiger partial charge in [-0.3, -0.25) is 4.90 Å². The molecule has 1 N–H and O–H groups in total. The number of benzene rings is 1. The van der Waals surface area contributed by atoms with E-state index in [2.05, 4.69) is 69.7 Å². The molecule has 1 aromatic carbocycles. The van der Waals surface area contributed by atoms with E-state index in [9.17, 15) is 4.79 Å². The summed E-state index contributed by atoms with van der Waals surface area (Å²) < 4.78 is 13.8. The first-order chi connectivity index (χ1) is 19.5. The normalized spacial score (nSPS) is 20.2. The molecule has 9 heteroatoms. The molecule has 3 fully saturated rings. The van der Waals surface area contributed by atoms with Gasteiger partial charge >= 0.3 is 6.03 Å². The number of anilines is 1. The van der Waals surface area contributed by atoms with Crippen molar-refractivity contribution in [3.63, 3.8) is 0 Å². The van der Waals surface area contributed by atoms with Crippen LogP contribution in [0.5, 0.6) is 0 Å². The van der Waals surface area contributed by atoms with E-state index in [0.717, 1.165) is 69.0 Å². The monoisotopic (exact) mass is 546 g/mol. The van der Waals surface area contributed by atoms with Gasteiger partial charge in [0, 0.05) is 69.9 Å². The van der Waals surface area contributed by atoms with Gasteiger partial charge in [-0.05, 0) is 56.9 Å². The van der Waals surface area contributed by atoms with E-state index in [0.29, 0.717) is 25.7 Å². The number of nitrogens with one attached hydrogen (secondary N) is 1. The summed E-state index contributed by atoms with van der Waals surface area (Å²) in [5.74, 6) is 0. The largest absolute Gasteiger partial charge is 0.378 e. The van der Waals surface area contributed by atoms with Crippen LogP contribution < -0.4 is 10.2 Å². The smallest absolute Gasteiger partial charge is 0.317 e. The van der Waals surface area contributed by atoms with Crippen molar-refractivity contribution in [3.8, 4) is 11.1 Å². The second-order valence-corrected chi connectivity index (χ2v) is 11.6. The molecular weight excluding hydrogens is 504 g/mol. The molecule has 5 heterocycles. The van der Waals surface area contributed by atoms with Crippen LogP contribution in [-0.2, 0) is 15.1 Å². The number of hydrogen-bond donors (Lipinski definition) is 1. The topological polar surface area (TPSA) is 74.6 Å². The van der Waals surface area contributed by atoms with E-state index >= 15 is 0 Å². The quantitative estimate of drug-likeness (QED) is 0.484. The molecule has 3 aliphatic heterocycles. The minimum atomic E-state index is -0.219. The van der Waals surface area contributed by atoms with Gasteiger partial charge in [0.25, 0.3) is 0 Å². The van der Waals surface area contributed by atoms with Gasteiger partial charge in [0.1, 0.15) is 0 Å². The molecule has 0 saturated carbocycles. The highest BCUT2D eigenvalue weighted by molar-refractivity contribution is 5.80. The number of piperazine rings is 1. The molecule has 0 atom stereocenters. The fraction of sp³-hybridized carbons (Fsp3) is 0.548. The first-order valence-corrected chi connectivity index (χ1v) is 14.8. The first-order valence-electron chi connectivity index (χ1n) is 14.8. The first kappa shape index (κ1) is 27.1. The van der Waals surface area contributed by atoms with Crippen LogP contribution >= 0.6 is 0 Å². The van der Waals surface area contributed by atoms with Crippen LogP contribution in [0.2, 0.25) is 0 Å². The number of amides is 2. The fourth-order valence-corrected chi connectivity index (χ4v) is 6.36. The van der Waals surface area contributed by atoms with Gasteiger partial charge < -0.3 is 24.6 Å². The molecule has 3 aliphatic rings. The Hall–Kier alpha value is -3.14. The van der Waals surface area contributed by atoms with Gasteiger partial charge in [-0.2, -0.15) is 5.10 Å². The lowest BCUT2D eigenvalue weighted by Gasteiger charge is -2.46. The number of carbonyl (C=O) groups is 1. The predicted octanol–water partition coefficient (Wildman–Crippen LogP) is 3.97. The summed E-state index contributed by atoms with van der Waals surface area (Å²) in [5.41, 5.74) is 5.60. The molecule has 2 aromatic heterocycles. The highest BCUT2D eigenvalue weighted by Gasteiger charge is 2.40. The Morgan fingerprint density at radius 2 is 1.77 bits per heavy atom.